The SMILES string of the molecule is CC[C@@]1(O)C(=O)OCc2c1cc1n(c2=O)Cc2c-1c(=O)c1cc(F)ccc1n2-c1ccc(OC)cc1. The van der Waals surface area contributed by atoms with E-state index in [0.29, 0.717) is 22.6 Å². The van der Waals surface area contributed by atoms with Crippen molar-refractivity contribution in [3.05, 3.63) is 91.7 Å². The zero-order valence-corrected chi connectivity index (χ0v) is 19.5. The molecule has 1 atom stereocenters. The maximum absolute atomic E-state index is 14.3. The number of nitrogens with zero attached hydrogens (tertiary/aromatic N) is 2. The van der Waals surface area contributed by atoms with Crippen molar-refractivity contribution >= 4 is 16.9 Å². The summed E-state index contributed by atoms with van der Waals surface area (Å²) in [6, 6.07) is 12.7. The van der Waals surface area contributed by atoms with Crippen LogP contribution in [-0.4, -0.2) is 27.3 Å². The van der Waals surface area contributed by atoms with Crippen LogP contribution in [0.25, 0.3) is 27.8 Å². The zero-order valence-electron chi connectivity index (χ0n) is 19.5. The summed E-state index contributed by atoms with van der Waals surface area (Å²) in [7, 11) is 1.56. The molecular formula is C27H21FN2O6. The van der Waals surface area contributed by atoms with Crippen molar-refractivity contribution in [1.29, 1.82) is 0 Å². The number of aliphatic hydroxyl groups is 1. The van der Waals surface area contributed by atoms with Crippen LogP contribution >= 0.6 is 0 Å². The van der Waals surface area contributed by atoms with E-state index in [9.17, 15) is 23.9 Å². The lowest BCUT2D eigenvalue weighted by atomic mass is 9.85. The summed E-state index contributed by atoms with van der Waals surface area (Å²) < 4.78 is 27.9. The van der Waals surface area contributed by atoms with Gasteiger partial charge in [0, 0.05) is 16.6 Å². The number of hydrogen-bond donors (Lipinski definition) is 1. The Morgan fingerprint density at radius 3 is 2.56 bits per heavy atom. The third kappa shape index (κ3) is 2.86. The van der Waals surface area contributed by atoms with Crippen LogP contribution in [-0.2, 0) is 28.3 Å². The second kappa shape index (κ2) is 7.63. The molecule has 0 bridgehead atoms. The molecule has 0 amide bonds. The van der Waals surface area contributed by atoms with E-state index in [1.165, 1.54) is 28.8 Å². The fourth-order valence-electron chi connectivity index (χ4n) is 5.26. The molecule has 4 aromatic rings. The molecule has 0 unspecified atom stereocenters. The molecule has 2 aliphatic heterocycles. The first-order chi connectivity index (χ1) is 17.3. The lowest BCUT2D eigenvalue weighted by molar-refractivity contribution is -0.172. The molecule has 2 aromatic carbocycles. The highest BCUT2D eigenvalue weighted by molar-refractivity contribution is 5.89. The lowest BCUT2D eigenvalue weighted by Crippen LogP contribution is -2.44. The number of halogens is 1. The van der Waals surface area contributed by atoms with Gasteiger partial charge in [0.05, 0.1) is 41.7 Å². The minimum absolute atomic E-state index is 0.00635. The first kappa shape index (κ1) is 22.2. The number of aromatic nitrogens is 2. The van der Waals surface area contributed by atoms with E-state index in [1.807, 2.05) is 16.7 Å². The standard InChI is InChI=1S/C27H21FN2O6/c1-3-27(34)19-11-21-23-22(12-29(21)25(32)18(19)13-36-26(27)33)30(15-5-7-16(35-2)8-6-15)20-9-4-14(28)10-17(20)24(23)31/h4-11,34H,3,12-13H2,1-2H3/t27-/m0/s1. The van der Waals surface area contributed by atoms with Crippen LogP contribution in [0.5, 0.6) is 5.75 Å². The molecule has 182 valence electrons. The van der Waals surface area contributed by atoms with Gasteiger partial charge in [-0.2, -0.15) is 0 Å². The van der Waals surface area contributed by atoms with Crippen molar-refractivity contribution in [3.63, 3.8) is 0 Å². The fourth-order valence-corrected chi connectivity index (χ4v) is 5.26. The van der Waals surface area contributed by atoms with Gasteiger partial charge < -0.3 is 23.7 Å². The number of pyridine rings is 2. The van der Waals surface area contributed by atoms with Crippen LogP contribution in [0, 0.1) is 5.82 Å². The van der Waals surface area contributed by atoms with Gasteiger partial charge in [-0.3, -0.25) is 9.59 Å². The normalized spacial score (nSPS) is 17.9. The van der Waals surface area contributed by atoms with Crippen molar-refractivity contribution in [1.82, 2.24) is 9.13 Å². The number of fused-ring (bicyclic) bond motifs is 5. The lowest BCUT2D eigenvalue weighted by Gasteiger charge is -2.31. The molecular weight excluding hydrogens is 467 g/mol. The maximum atomic E-state index is 14.3. The van der Waals surface area contributed by atoms with Gasteiger partial charge in [-0.05, 0) is 55.0 Å². The highest BCUT2D eigenvalue weighted by atomic mass is 19.1. The topological polar surface area (TPSA) is 99.8 Å². The molecule has 0 aliphatic carbocycles. The molecule has 0 saturated carbocycles. The largest absolute Gasteiger partial charge is 0.497 e. The maximum Gasteiger partial charge on any atom is 0.343 e. The number of esters is 1. The molecule has 9 heteroatoms. The van der Waals surface area contributed by atoms with Gasteiger partial charge in [-0.25, -0.2) is 9.18 Å². The van der Waals surface area contributed by atoms with Crippen LogP contribution in [0.15, 0.2) is 58.1 Å². The van der Waals surface area contributed by atoms with E-state index >= 15 is 0 Å². The van der Waals surface area contributed by atoms with Crippen LogP contribution in [0.1, 0.15) is 30.2 Å². The third-order valence-electron chi connectivity index (χ3n) is 7.17. The monoisotopic (exact) mass is 488 g/mol. The average molecular weight is 488 g/mol. The van der Waals surface area contributed by atoms with E-state index in [4.69, 9.17) is 9.47 Å². The van der Waals surface area contributed by atoms with Crippen molar-refractivity contribution in [2.24, 2.45) is 0 Å². The highest BCUT2D eigenvalue weighted by Crippen LogP contribution is 2.39. The Balaban J connectivity index is 1.72. The van der Waals surface area contributed by atoms with Crippen molar-refractivity contribution in [2.45, 2.75) is 32.1 Å². The number of benzene rings is 2. The van der Waals surface area contributed by atoms with Gasteiger partial charge in [0.1, 0.15) is 18.2 Å². The quantitative estimate of drug-likeness (QED) is 0.392. The predicted molar refractivity (Wildman–Crippen MR) is 129 cm³/mol. The van der Waals surface area contributed by atoms with E-state index in [2.05, 4.69) is 0 Å². The third-order valence-corrected chi connectivity index (χ3v) is 7.17. The average Bonchev–Trinajstić information content (AvgIpc) is 3.27. The van der Waals surface area contributed by atoms with Gasteiger partial charge >= 0.3 is 5.97 Å². The van der Waals surface area contributed by atoms with Crippen LogP contribution < -0.4 is 15.7 Å². The molecule has 0 fully saturated rings. The number of carbonyl (C=O) groups excluding carboxylic acids is 1. The van der Waals surface area contributed by atoms with E-state index in [1.54, 1.807) is 26.2 Å². The Hall–Kier alpha value is -4.24. The molecule has 36 heavy (non-hydrogen) atoms. The van der Waals surface area contributed by atoms with E-state index in [0.717, 1.165) is 0 Å². The Kier molecular flexibility index (Phi) is 4.71. The molecule has 0 saturated heterocycles. The molecule has 2 aromatic heterocycles. The summed E-state index contributed by atoms with van der Waals surface area (Å²) in [5.41, 5.74) is -0.358. The molecule has 4 heterocycles. The summed E-state index contributed by atoms with van der Waals surface area (Å²) in [6.07, 6.45) is -0.00635. The molecule has 0 radical (unpaired) electrons. The second-order valence-corrected chi connectivity index (χ2v) is 8.95. The van der Waals surface area contributed by atoms with Crippen LogP contribution in [0.3, 0.4) is 0 Å². The van der Waals surface area contributed by atoms with Crippen LogP contribution in [0.4, 0.5) is 4.39 Å². The number of ether oxygens (including phenoxy) is 2. The van der Waals surface area contributed by atoms with Gasteiger partial charge in [0.25, 0.3) is 5.56 Å². The smallest absolute Gasteiger partial charge is 0.343 e. The number of cyclic esters (lactones) is 1. The van der Waals surface area contributed by atoms with E-state index < -0.39 is 28.4 Å². The van der Waals surface area contributed by atoms with Gasteiger partial charge in [0.15, 0.2) is 11.0 Å². The van der Waals surface area contributed by atoms with Crippen molar-refractivity contribution in [2.75, 3.05) is 7.11 Å². The summed E-state index contributed by atoms with van der Waals surface area (Å²) in [5.74, 6) is -0.761. The summed E-state index contributed by atoms with van der Waals surface area (Å²) in [5, 5.41) is 11.2. The molecule has 1 N–H and O–H groups in total. The van der Waals surface area contributed by atoms with Gasteiger partial charge in [-0.15, -0.1) is 0 Å². The second-order valence-electron chi connectivity index (χ2n) is 8.95. The molecule has 8 nitrogen and oxygen atoms in total. The van der Waals surface area contributed by atoms with E-state index in [-0.39, 0.29) is 47.3 Å². The van der Waals surface area contributed by atoms with Gasteiger partial charge in [-0.1, -0.05) is 6.92 Å². The number of hydrogen-bond acceptors (Lipinski definition) is 6. The summed E-state index contributed by atoms with van der Waals surface area (Å²) in [6.45, 7) is 1.42. The predicted octanol–water partition coefficient (Wildman–Crippen LogP) is 2.98. The first-order valence-corrected chi connectivity index (χ1v) is 11.5. The Morgan fingerprint density at radius 1 is 1.11 bits per heavy atom. The molecule has 0 spiro atoms. The minimum Gasteiger partial charge on any atom is -0.497 e. The summed E-state index contributed by atoms with van der Waals surface area (Å²) >= 11 is 0. The molecule has 2 aliphatic rings. The highest BCUT2D eigenvalue weighted by Gasteiger charge is 2.45. The number of methoxy groups -OCH3 is 1. The first-order valence-electron chi connectivity index (χ1n) is 11.5. The number of carbonyl (C=O) groups is 1. The Morgan fingerprint density at radius 2 is 1.86 bits per heavy atom. The Labute approximate surface area is 203 Å². The van der Waals surface area contributed by atoms with Crippen LogP contribution in [0.2, 0.25) is 0 Å². The minimum atomic E-state index is -2.00. The summed E-state index contributed by atoms with van der Waals surface area (Å²) in [4.78, 5) is 39.7. The van der Waals surface area contributed by atoms with Crippen molar-refractivity contribution in [3.8, 4) is 22.7 Å². The molecule has 6 rings (SSSR count). The zero-order chi connectivity index (χ0) is 25.4. The fraction of sp³-hybridized carbons (Fsp3) is 0.222. The van der Waals surface area contributed by atoms with Gasteiger partial charge in [0.2, 0.25) is 0 Å². The number of rotatable bonds is 3. The Bertz CT molecular complexity index is 1720. The van der Waals surface area contributed by atoms with Crippen molar-refractivity contribution < 1.29 is 23.8 Å².